The summed E-state index contributed by atoms with van der Waals surface area (Å²) in [7, 11) is 1.32. The van der Waals surface area contributed by atoms with Crippen LogP contribution in [0.2, 0.25) is 0 Å². The molecule has 0 fully saturated rings. The van der Waals surface area contributed by atoms with Crippen molar-refractivity contribution in [2.45, 2.75) is 6.92 Å². The maximum atomic E-state index is 11.5. The Morgan fingerprint density at radius 1 is 1.11 bits per heavy atom. The van der Waals surface area contributed by atoms with Crippen molar-refractivity contribution in [1.29, 1.82) is 0 Å². The molecule has 3 nitrogen and oxygen atoms in total. The van der Waals surface area contributed by atoms with E-state index in [1.165, 1.54) is 13.2 Å². The van der Waals surface area contributed by atoms with Gasteiger partial charge in [-0.15, -0.1) is 0 Å². The summed E-state index contributed by atoms with van der Waals surface area (Å²) in [6.07, 6.45) is 0. The molecule has 2 rings (SSSR count). The highest BCUT2D eigenvalue weighted by Gasteiger charge is 2.09. The van der Waals surface area contributed by atoms with Crippen molar-refractivity contribution in [2.75, 3.05) is 7.11 Å². The van der Waals surface area contributed by atoms with Crippen LogP contribution in [-0.4, -0.2) is 18.2 Å². The van der Waals surface area contributed by atoms with Gasteiger partial charge in [0.1, 0.15) is 5.75 Å². The van der Waals surface area contributed by atoms with Gasteiger partial charge in [0.15, 0.2) is 0 Å². The molecule has 0 aliphatic rings. The first-order valence-electron chi connectivity index (χ1n) is 5.59. The number of phenolic OH excluding ortho intramolecular Hbond substituents is 1. The van der Waals surface area contributed by atoms with E-state index in [0.717, 1.165) is 16.7 Å². The number of phenols is 1. The van der Waals surface area contributed by atoms with Crippen LogP contribution in [0.1, 0.15) is 15.9 Å². The third-order valence-electron chi connectivity index (χ3n) is 2.69. The van der Waals surface area contributed by atoms with Crippen molar-refractivity contribution in [1.82, 2.24) is 0 Å². The second-order valence-electron chi connectivity index (χ2n) is 4.13. The number of aromatic hydroxyl groups is 1. The Balaban J connectivity index is 2.51. The van der Waals surface area contributed by atoms with Gasteiger partial charge in [-0.3, -0.25) is 0 Å². The second-order valence-corrected chi connectivity index (χ2v) is 4.13. The lowest BCUT2D eigenvalue weighted by atomic mass is 10.0. The molecule has 0 heterocycles. The molecule has 0 spiro atoms. The van der Waals surface area contributed by atoms with E-state index in [2.05, 4.69) is 4.74 Å². The number of benzene rings is 2. The number of carbonyl (C=O) groups excluding carboxylic acids is 1. The normalized spacial score (nSPS) is 10.1. The molecular formula is C15H14O3. The lowest BCUT2D eigenvalue weighted by Crippen LogP contribution is -2.01. The highest BCUT2D eigenvalue weighted by molar-refractivity contribution is 5.91. The zero-order chi connectivity index (χ0) is 13.1. The van der Waals surface area contributed by atoms with E-state index in [1.54, 1.807) is 12.1 Å². The van der Waals surface area contributed by atoms with E-state index in [0.29, 0.717) is 5.56 Å². The molecule has 0 amide bonds. The Labute approximate surface area is 106 Å². The van der Waals surface area contributed by atoms with E-state index >= 15 is 0 Å². The predicted octanol–water partition coefficient (Wildman–Crippen LogP) is 3.15. The molecule has 3 heteroatoms. The first-order chi connectivity index (χ1) is 8.60. The van der Waals surface area contributed by atoms with Crippen LogP contribution in [0, 0.1) is 6.92 Å². The van der Waals surface area contributed by atoms with Gasteiger partial charge in [0.2, 0.25) is 0 Å². The van der Waals surface area contributed by atoms with E-state index in [4.69, 9.17) is 0 Å². The molecule has 0 aliphatic carbocycles. The number of hydrogen-bond donors (Lipinski definition) is 1. The first kappa shape index (κ1) is 12.2. The summed E-state index contributed by atoms with van der Waals surface area (Å²) in [6.45, 7) is 1.99. The van der Waals surface area contributed by atoms with Gasteiger partial charge in [0.05, 0.1) is 12.7 Å². The molecule has 0 aliphatic heterocycles. The fourth-order valence-corrected chi connectivity index (χ4v) is 1.84. The van der Waals surface area contributed by atoms with Gasteiger partial charge in [-0.25, -0.2) is 4.79 Å². The fraction of sp³-hybridized carbons (Fsp3) is 0.133. The van der Waals surface area contributed by atoms with E-state index in [9.17, 15) is 9.90 Å². The average Bonchev–Trinajstić information content (AvgIpc) is 2.37. The third kappa shape index (κ3) is 2.51. The smallest absolute Gasteiger partial charge is 0.338 e. The maximum Gasteiger partial charge on any atom is 0.338 e. The highest BCUT2D eigenvalue weighted by atomic mass is 16.5. The van der Waals surface area contributed by atoms with Crippen LogP contribution in [-0.2, 0) is 4.74 Å². The second kappa shape index (κ2) is 4.92. The molecule has 1 N–H and O–H groups in total. The lowest BCUT2D eigenvalue weighted by Gasteiger charge is -2.06. The minimum atomic E-state index is -0.459. The molecule has 18 heavy (non-hydrogen) atoms. The fourth-order valence-electron chi connectivity index (χ4n) is 1.84. The molecule has 92 valence electrons. The summed E-state index contributed by atoms with van der Waals surface area (Å²) < 4.78 is 4.66. The minimum Gasteiger partial charge on any atom is -0.508 e. The summed E-state index contributed by atoms with van der Waals surface area (Å²) in [5.74, 6) is -0.408. The van der Waals surface area contributed by atoms with Crippen molar-refractivity contribution >= 4 is 5.97 Å². The maximum absolute atomic E-state index is 11.5. The van der Waals surface area contributed by atoms with Crippen molar-refractivity contribution < 1.29 is 14.6 Å². The Morgan fingerprint density at radius 3 is 2.56 bits per heavy atom. The van der Waals surface area contributed by atoms with Crippen LogP contribution in [0.3, 0.4) is 0 Å². The number of aryl methyl sites for hydroxylation is 1. The van der Waals surface area contributed by atoms with E-state index < -0.39 is 5.97 Å². The van der Waals surface area contributed by atoms with Crippen molar-refractivity contribution in [3.63, 3.8) is 0 Å². The summed E-state index contributed by atoms with van der Waals surface area (Å²) in [5, 5.41) is 9.66. The largest absolute Gasteiger partial charge is 0.508 e. The zero-order valence-electron chi connectivity index (χ0n) is 10.3. The first-order valence-corrected chi connectivity index (χ1v) is 5.59. The molecule has 2 aromatic carbocycles. The summed E-state index contributed by atoms with van der Waals surface area (Å²) in [5.41, 5.74) is 3.21. The molecule has 0 radical (unpaired) electrons. The third-order valence-corrected chi connectivity index (χ3v) is 2.69. The Morgan fingerprint density at radius 2 is 1.89 bits per heavy atom. The van der Waals surface area contributed by atoms with Crippen LogP contribution < -0.4 is 0 Å². The van der Waals surface area contributed by atoms with E-state index in [1.807, 2.05) is 31.2 Å². The van der Waals surface area contributed by atoms with E-state index in [-0.39, 0.29) is 5.75 Å². The molecule has 2 aromatic rings. The van der Waals surface area contributed by atoms with Gasteiger partial charge in [0, 0.05) is 0 Å². The number of esters is 1. The number of carbonyl (C=O) groups is 1. The number of rotatable bonds is 2. The summed E-state index contributed by atoms with van der Waals surface area (Å²) >= 11 is 0. The van der Waals surface area contributed by atoms with Crippen LogP contribution in [0.5, 0.6) is 5.75 Å². The SMILES string of the molecule is COC(=O)c1cc(O)cc(-c2cccc(C)c2)c1. The minimum absolute atomic E-state index is 0.0504. The highest BCUT2D eigenvalue weighted by Crippen LogP contribution is 2.26. The van der Waals surface area contributed by atoms with Crippen molar-refractivity contribution in [2.24, 2.45) is 0 Å². The number of methoxy groups -OCH3 is 1. The van der Waals surface area contributed by atoms with Gasteiger partial charge in [-0.05, 0) is 36.2 Å². The van der Waals surface area contributed by atoms with Crippen LogP contribution >= 0.6 is 0 Å². The van der Waals surface area contributed by atoms with Crippen molar-refractivity contribution in [3.8, 4) is 16.9 Å². The standard InChI is InChI=1S/C15H14O3/c1-10-4-3-5-11(6-10)12-7-13(15(17)18-2)9-14(16)8-12/h3-9,16H,1-2H3. The topological polar surface area (TPSA) is 46.5 Å². The summed E-state index contributed by atoms with van der Waals surface area (Å²) in [4.78, 5) is 11.5. The average molecular weight is 242 g/mol. The Kier molecular flexibility index (Phi) is 3.33. The molecule has 0 atom stereocenters. The van der Waals surface area contributed by atoms with Gasteiger partial charge < -0.3 is 9.84 Å². The van der Waals surface area contributed by atoms with Crippen LogP contribution in [0.4, 0.5) is 0 Å². The monoisotopic (exact) mass is 242 g/mol. The molecule has 0 bridgehead atoms. The molecule has 0 unspecified atom stereocenters. The summed E-state index contributed by atoms with van der Waals surface area (Å²) in [6, 6.07) is 12.6. The quantitative estimate of drug-likeness (QED) is 0.823. The van der Waals surface area contributed by atoms with Crippen LogP contribution in [0.15, 0.2) is 42.5 Å². The van der Waals surface area contributed by atoms with Gasteiger partial charge >= 0.3 is 5.97 Å². The zero-order valence-corrected chi connectivity index (χ0v) is 10.3. The lowest BCUT2D eigenvalue weighted by molar-refractivity contribution is 0.0600. The van der Waals surface area contributed by atoms with Crippen LogP contribution in [0.25, 0.3) is 11.1 Å². The van der Waals surface area contributed by atoms with Gasteiger partial charge in [-0.2, -0.15) is 0 Å². The van der Waals surface area contributed by atoms with Gasteiger partial charge in [0.25, 0.3) is 0 Å². The van der Waals surface area contributed by atoms with Gasteiger partial charge in [-0.1, -0.05) is 29.8 Å². The molecule has 0 saturated carbocycles. The molecule has 0 saturated heterocycles. The number of hydrogen-bond acceptors (Lipinski definition) is 3. The van der Waals surface area contributed by atoms with Crippen molar-refractivity contribution in [3.05, 3.63) is 53.6 Å². The molecule has 0 aromatic heterocycles. The Hall–Kier alpha value is -2.29. The molecular weight excluding hydrogens is 228 g/mol. The predicted molar refractivity (Wildman–Crippen MR) is 69.6 cm³/mol. The Bertz CT molecular complexity index is 588. The number of ether oxygens (including phenoxy) is 1.